The first kappa shape index (κ1) is 22.9. The summed E-state index contributed by atoms with van der Waals surface area (Å²) >= 11 is 0. The maximum atomic E-state index is 13.4. The number of nitrogens with one attached hydrogen (secondary N) is 1. The van der Waals surface area contributed by atoms with Crippen molar-refractivity contribution in [3.63, 3.8) is 0 Å². The van der Waals surface area contributed by atoms with Crippen LogP contribution in [0.2, 0.25) is 0 Å². The van der Waals surface area contributed by atoms with Gasteiger partial charge in [0.2, 0.25) is 0 Å². The number of aromatic nitrogens is 1. The first-order valence-corrected chi connectivity index (χ1v) is 10.5. The van der Waals surface area contributed by atoms with Gasteiger partial charge in [-0.2, -0.15) is 0 Å². The molecule has 5 nitrogen and oxygen atoms in total. The van der Waals surface area contributed by atoms with Crippen molar-refractivity contribution in [1.82, 2.24) is 10.3 Å². The van der Waals surface area contributed by atoms with Gasteiger partial charge in [-0.25, -0.2) is 8.78 Å². The second kappa shape index (κ2) is 10.1. The molecule has 0 aliphatic rings. The fourth-order valence-corrected chi connectivity index (χ4v) is 3.48. The Bertz CT molecular complexity index is 1300. The van der Waals surface area contributed by atoms with Crippen molar-refractivity contribution in [2.75, 3.05) is 7.11 Å². The number of methoxy groups -OCH3 is 1. The van der Waals surface area contributed by atoms with E-state index in [0.29, 0.717) is 28.2 Å². The fourth-order valence-electron chi connectivity index (χ4n) is 3.48. The number of pyridine rings is 1. The normalized spacial score (nSPS) is 10.6. The lowest BCUT2D eigenvalue weighted by Crippen LogP contribution is -2.23. The topological polar surface area (TPSA) is 60.5 Å². The summed E-state index contributed by atoms with van der Waals surface area (Å²) in [6.45, 7) is 1.77. The second-order valence-corrected chi connectivity index (χ2v) is 7.60. The van der Waals surface area contributed by atoms with Crippen molar-refractivity contribution in [2.24, 2.45) is 0 Å². The molecule has 1 aromatic heterocycles. The molecular formula is C27H22F2N2O3. The number of carbonyl (C=O) groups excluding carboxylic acids is 1. The monoisotopic (exact) mass is 460 g/mol. The lowest BCUT2D eigenvalue weighted by atomic mass is 10.1. The summed E-state index contributed by atoms with van der Waals surface area (Å²) < 4.78 is 38.0. The van der Waals surface area contributed by atoms with Gasteiger partial charge < -0.3 is 14.8 Å². The SMILES string of the molecule is COc1ccc(-c2cc(Oc3cccc(C(=O)NCc4cc(F)cc(F)c4)c3C)ccn2)cc1. The lowest BCUT2D eigenvalue weighted by Gasteiger charge is -2.13. The van der Waals surface area contributed by atoms with Crippen LogP contribution < -0.4 is 14.8 Å². The maximum Gasteiger partial charge on any atom is 0.251 e. The Morgan fingerprint density at radius 3 is 2.38 bits per heavy atom. The van der Waals surface area contributed by atoms with Crippen molar-refractivity contribution in [2.45, 2.75) is 13.5 Å². The highest BCUT2D eigenvalue weighted by atomic mass is 19.1. The molecule has 0 radical (unpaired) electrons. The Labute approximate surface area is 196 Å². The standard InChI is InChI=1S/C27H22F2N2O3/c1-17-24(27(32)31-16-18-12-20(28)14-21(29)13-18)4-3-5-26(17)34-23-10-11-30-25(15-23)19-6-8-22(33-2)9-7-19/h3-15H,16H2,1-2H3,(H,31,32). The molecule has 0 bridgehead atoms. The van der Waals surface area contributed by atoms with Gasteiger partial charge >= 0.3 is 0 Å². The number of nitrogens with zero attached hydrogens (tertiary/aromatic N) is 1. The van der Waals surface area contributed by atoms with Gasteiger partial charge in [-0.15, -0.1) is 0 Å². The summed E-state index contributed by atoms with van der Waals surface area (Å²) in [4.78, 5) is 17.1. The molecule has 1 heterocycles. The average Bonchev–Trinajstić information content (AvgIpc) is 2.83. The Morgan fingerprint density at radius 2 is 1.68 bits per heavy atom. The molecule has 0 aliphatic carbocycles. The predicted molar refractivity (Wildman–Crippen MR) is 125 cm³/mol. The van der Waals surface area contributed by atoms with E-state index in [0.717, 1.165) is 23.1 Å². The number of halogens is 2. The molecule has 34 heavy (non-hydrogen) atoms. The number of rotatable bonds is 7. The fraction of sp³-hybridized carbons (Fsp3) is 0.111. The first-order valence-electron chi connectivity index (χ1n) is 10.5. The van der Waals surface area contributed by atoms with Gasteiger partial charge in [0.05, 0.1) is 12.8 Å². The van der Waals surface area contributed by atoms with Crippen LogP contribution in [0, 0.1) is 18.6 Å². The highest BCUT2D eigenvalue weighted by Gasteiger charge is 2.14. The van der Waals surface area contributed by atoms with Crippen molar-refractivity contribution < 1.29 is 23.0 Å². The van der Waals surface area contributed by atoms with E-state index in [-0.39, 0.29) is 12.5 Å². The molecule has 4 rings (SSSR count). The van der Waals surface area contributed by atoms with E-state index in [2.05, 4.69) is 10.3 Å². The van der Waals surface area contributed by atoms with E-state index < -0.39 is 11.6 Å². The van der Waals surface area contributed by atoms with Gasteiger partial charge in [-0.05, 0) is 67.1 Å². The zero-order valence-corrected chi connectivity index (χ0v) is 18.6. The first-order chi connectivity index (χ1) is 16.4. The summed E-state index contributed by atoms with van der Waals surface area (Å²) in [5.74, 6) is 0.0723. The van der Waals surface area contributed by atoms with Crippen LogP contribution in [0.3, 0.4) is 0 Å². The molecular weight excluding hydrogens is 438 g/mol. The number of ether oxygens (including phenoxy) is 2. The number of amides is 1. The second-order valence-electron chi connectivity index (χ2n) is 7.60. The van der Waals surface area contributed by atoms with Crippen LogP contribution >= 0.6 is 0 Å². The van der Waals surface area contributed by atoms with E-state index in [1.54, 1.807) is 44.5 Å². The Kier molecular flexibility index (Phi) is 6.82. The lowest BCUT2D eigenvalue weighted by molar-refractivity contribution is 0.0950. The van der Waals surface area contributed by atoms with Crippen LogP contribution in [0.1, 0.15) is 21.5 Å². The van der Waals surface area contributed by atoms with Gasteiger partial charge in [0.15, 0.2) is 0 Å². The van der Waals surface area contributed by atoms with Gasteiger partial charge in [0.25, 0.3) is 5.91 Å². The van der Waals surface area contributed by atoms with E-state index >= 15 is 0 Å². The van der Waals surface area contributed by atoms with Gasteiger partial charge in [0.1, 0.15) is 28.9 Å². The Morgan fingerprint density at radius 1 is 0.941 bits per heavy atom. The molecule has 172 valence electrons. The summed E-state index contributed by atoms with van der Waals surface area (Å²) in [5.41, 5.74) is 3.00. The summed E-state index contributed by atoms with van der Waals surface area (Å²) in [5, 5.41) is 2.69. The van der Waals surface area contributed by atoms with Gasteiger partial charge in [0, 0.05) is 41.6 Å². The molecule has 0 unspecified atom stereocenters. The van der Waals surface area contributed by atoms with Crippen LogP contribution in [-0.2, 0) is 6.54 Å². The smallest absolute Gasteiger partial charge is 0.251 e. The zero-order chi connectivity index (χ0) is 24.1. The summed E-state index contributed by atoms with van der Waals surface area (Å²) in [6, 6.07) is 19.4. The number of benzene rings is 3. The van der Waals surface area contributed by atoms with E-state index in [9.17, 15) is 13.6 Å². The summed E-state index contributed by atoms with van der Waals surface area (Å²) in [6.07, 6.45) is 1.65. The van der Waals surface area contributed by atoms with Crippen LogP contribution in [0.25, 0.3) is 11.3 Å². The van der Waals surface area contributed by atoms with Crippen molar-refractivity contribution in [3.05, 3.63) is 107 Å². The quantitative estimate of drug-likeness (QED) is 0.364. The third kappa shape index (κ3) is 5.38. The number of hydrogen-bond donors (Lipinski definition) is 1. The van der Waals surface area contributed by atoms with Crippen LogP contribution in [0.4, 0.5) is 8.78 Å². The van der Waals surface area contributed by atoms with Crippen LogP contribution in [-0.4, -0.2) is 18.0 Å². The predicted octanol–water partition coefficient (Wildman–Crippen LogP) is 6.07. The molecule has 1 amide bonds. The Hall–Kier alpha value is -4.26. The number of hydrogen-bond acceptors (Lipinski definition) is 4. The van der Waals surface area contributed by atoms with Crippen molar-refractivity contribution >= 4 is 5.91 Å². The van der Waals surface area contributed by atoms with Crippen molar-refractivity contribution in [1.29, 1.82) is 0 Å². The molecule has 3 aromatic carbocycles. The minimum atomic E-state index is -0.692. The molecule has 7 heteroatoms. The molecule has 0 saturated heterocycles. The number of carbonyl (C=O) groups is 1. The Balaban J connectivity index is 1.50. The van der Waals surface area contributed by atoms with E-state index in [1.807, 2.05) is 30.3 Å². The van der Waals surface area contributed by atoms with Crippen molar-refractivity contribution in [3.8, 4) is 28.5 Å². The molecule has 0 fully saturated rings. The van der Waals surface area contributed by atoms with Crippen LogP contribution in [0.15, 0.2) is 79.0 Å². The molecule has 0 saturated carbocycles. The highest BCUT2D eigenvalue weighted by molar-refractivity contribution is 5.96. The van der Waals surface area contributed by atoms with Crippen LogP contribution in [0.5, 0.6) is 17.2 Å². The van der Waals surface area contributed by atoms with Gasteiger partial charge in [-0.3, -0.25) is 9.78 Å². The van der Waals surface area contributed by atoms with E-state index in [1.165, 1.54) is 12.1 Å². The minimum Gasteiger partial charge on any atom is -0.497 e. The van der Waals surface area contributed by atoms with Gasteiger partial charge in [-0.1, -0.05) is 6.07 Å². The molecule has 0 atom stereocenters. The molecule has 4 aromatic rings. The minimum absolute atomic E-state index is 0.00634. The molecule has 0 spiro atoms. The average molecular weight is 460 g/mol. The molecule has 1 N–H and O–H groups in total. The largest absolute Gasteiger partial charge is 0.497 e. The molecule has 0 aliphatic heterocycles. The zero-order valence-electron chi connectivity index (χ0n) is 18.6. The third-order valence-corrected chi connectivity index (χ3v) is 5.25. The summed E-state index contributed by atoms with van der Waals surface area (Å²) in [7, 11) is 1.61. The van der Waals surface area contributed by atoms with E-state index in [4.69, 9.17) is 9.47 Å². The maximum absolute atomic E-state index is 13.4. The highest BCUT2D eigenvalue weighted by Crippen LogP contribution is 2.30. The third-order valence-electron chi connectivity index (χ3n) is 5.25.